The molecule has 0 bridgehead atoms. The Balaban J connectivity index is 0.00000264. The number of halogens is 1. The van der Waals surface area contributed by atoms with E-state index in [4.69, 9.17) is 14.2 Å². The van der Waals surface area contributed by atoms with Gasteiger partial charge >= 0.3 is 0 Å². The summed E-state index contributed by atoms with van der Waals surface area (Å²) in [5.74, 6) is 2.90. The smallest absolute Gasteiger partial charge is 0.191 e. The molecular weight excluding hydrogens is 409 g/mol. The molecule has 1 aliphatic carbocycles. The highest BCUT2D eigenvalue weighted by molar-refractivity contribution is 14.0. The van der Waals surface area contributed by atoms with E-state index in [2.05, 4.69) is 22.5 Å². The van der Waals surface area contributed by atoms with Gasteiger partial charge in [0.15, 0.2) is 17.5 Å². The number of hydrogen-bond donors (Lipinski definition) is 2. The van der Waals surface area contributed by atoms with Crippen molar-refractivity contribution in [2.75, 3.05) is 27.9 Å². The number of benzene rings is 1. The average Bonchev–Trinajstić information content (AvgIpc) is 3.35. The molecule has 1 aliphatic rings. The molecule has 1 aromatic carbocycles. The van der Waals surface area contributed by atoms with Crippen LogP contribution < -0.4 is 24.8 Å². The number of rotatable bonds is 7. The van der Waals surface area contributed by atoms with Gasteiger partial charge in [0, 0.05) is 24.2 Å². The largest absolute Gasteiger partial charge is 0.496 e. The van der Waals surface area contributed by atoms with Crippen LogP contribution in [-0.2, 0) is 6.54 Å². The van der Waals surface area contributed by atoms with Crippen LogP contribution in [0.5, 0.6) is 17.2 Å². The first kappa shape index (κ1) is 19.7. The third-order valence-corrected chi connectivity index (χ3v) is 3.46. The van der Waals surface area contributed by atoms with Crippen LogP contribution >= 0.6 is 24.0 Å². The van der Waals surface area contributed by atoms with Crippen molar-refractivity contribution in [3.63, 3.8) is 0 Å². The number of nitrogens with one attached hydrogen (secondary N) is 2. The fourth-order valence-electron chi connectivity index (χ4n) is 2.12. The van der Waals surface area contributed by atoms with Gasteiger partial charge in [0.2, 0.25) is 0 Å². The molecule has 0 aromatic heterocycles. The maximum Gasteiger partial charge on any atom is 0.191 e. The molecule has 6 nitrogen and oxygen atoms in total. The van der Waals surface area contributed by atoms with E-state index in [9.17, 15) is 0 Å². The van der Waals surface area contributed by atoms with Crippen LogP contribution in [0.2, 0.25) is 0 Å². The van der Waals surface area contributed by atoms with E-state index in [1.165, 1.54) is 12.8 Å². The minimum Gasteiger partial charge on any atom is -0.496 e. The Morgan fingerprint density at radius 1 is 1.09 bits per heavy atom. The van der Waals surface area contributed by atoms with Gasteiger partial charge in [-0.25, -0.2) is 4.99 Å². The van der Waals surface area contributed by atoms with Crippen LogP contribution in [0.3, 0.4) is 0 Å². The van der Waals surface area contributed by atoms with E-state index in [0.717, 1.165) is 23.8 Å². The molecule has 2 rings (SSSR count). The molecular formula is C16H26IN3O3. The molecule has 7 heteroatoms. The van der Waals surface area contributed by atoms with Gasteiger partial charge in [-0.05, 0) is 25.8 Å². The standard InChI is InChI=1S/C16H25N3O3.HI/c1-5-17-16(19-12-6-7-12)18-10-11-8-14(21-3)15(22-4)9-13(11)20-2;/h8-9,12H,5-7,10H2,1-4H3,(H2,17,18,19);1H. The number of nitrogens with zero attached hydrogens (tertiary/aromatic N) is 1. The first-order chi connectivity index (χ1) is 10.7. The van der Waals surface area contributed by atoms with Gasteiger partial charge in [-0.15, -0.1) is 24.0 Å². The molecule has 0 aliphatic heterocycles. The minimum atomic E-state index is 0. The zero-order chi connectivity index (χ0) is 15.9. The van der Waals surface area contributed by atoms with Gasteiger partial charge in [0.05, 0.1) is 27.9 Å². The predicted octanol–water partition coefficient (Wildman–Crippen LogP) is 2.55. The van der Waals surface area contributed by atoms with Crippen LogP contribution in [0.1, 0.15) is 25.3 Å². The molecule has 2 N–H and O–H groups in total. The number of hydrogen-bond acceptors (Lipinski definition) is 4. The molecule has 1 saturated carbocycles. The Bertz CT molecular complexity index is 534. The third-order valence-electron chi connectivity index (χ3n) is 3.46. The van der Waals surface area contributed by atoms with E-state index in [1.807, 2.05) is 12.1 Å². The summed E-state index contributed by atoms with van der Waals surface area (Å²) in [4.78, 5) is 4.62. The van der Waals surface area contributed by atoms with Crippen molar-refractivity contribution in [1.82, 2.24) is 10.6 Å². The third kappa shape index (κ3) is 5.63. The topological polar surface area (TPSA) is 64.1 Å². The summed E-state index contributed by atoms with van der Waals surface area (Å²) in [6.45, 7) is 3.40. The highest BCUT2D eigenvalue weighted by Gasteiger charge is 2.22. The van der Waals surface area contributed by atoms with Gasteiger partial charge in [0.1, 0.15) is 5.75 Å². The van der Waals surface area contributed by atoms with Crippen LogP contribution in [0.4, 0.5) is 0 Å². The van der Waals surface area contributed by atoms with Crippen molar-refractivity contribution in [1.29, 1.82) is 0 Å². The summed E-state index contributed by atoms with van der Waals surface area (Å²) in [5, 5.41) is 6.65. The van der Waals surface area contributed by atoms with Crippen molar-refractivity contribution in [2.24, 2.45) is 4.99 Å². The molecule has 0 saturated heterocycles. The quantitative estimate of drug-likeness (QED) is 0.392. The van der Waals surface area contributed by atoms with Crippen LogP contribution in [0.25, 0.3) is 0 Å². The highest BCUT2D eigenvalue weighted by Crippen LogP contribution is 2.34. The Morgan fingerprint density at radius 2 is 1.70 bits per heavy atom. The average molecular weight is 435 g/mol. The van der Waals surface area contributed by atoms with Gasteiger partial charge < -0.3 is 24.8 Å². The zero-order valence-corrected chi connectivity index (χ0v) is 16.5. The summed E-state index contributed by atoms with van der Waals surface area (Å²) in [6, 6.07) is 4.29. The lowest BCUT2D eigenvalue weighted by molar-refractivity contribution is 0.347. The van der Waals surface area contributed by atoms with Crippen LogP contribution in [-0.4, -0.2) is 39.9 Å². The van der Waals surface area contributed by atoms with Gasteiger partial charge in [0.25, 0.3) is 0 Å². The summed E-state index contributed by atoms with van der Waals surface area (Å²) in [7, 11) is 4.87. The number of guanidine groups is 1. The van der Waals surface area contributed by atoms with Crippen molar-refractivity contribution in [2.45, 2.75) is 32.4 Å². The van der Waals surface area contributed by atoms with Gasteiger partial charge in [-0.1, -0.05) is 0 Å². The van der Waals surface area contributed by atoms with E-state index >= 15 is 0 Å². The van der Waals surface area contributed by atoms with Gasteiger partial charge in [-0.2, -0.15) is 0 Å². The van der Waals surface area contributed by atoms with Crippen molar-refractivity contribution in [3.8, 4) is 17.2 Å². The second kappa shape index (κ2) is 9.69. The molecule has 0 unspecified atom stereocenters. The normalized spacial score (nSPS) is 13.8. The second-order valence-electron chi connectivity index (χ2n) is 5.13. The number of ether oxygens (including phenoxy) is 3. The zero-order valence-electron chi connectivity index (χ0n) is 14.1. The molecule has 0 radical (unpaired) electrons. The first-order valence-electron chi connectivity index (χ1n) is 7.55. The lowest BCUT2D eigenvalue weighted by Gasteiger charge is -2.14. The fraction of sp³-hybridized carbons (Fsp3) is 0.562. The van der Waals surface area contributed by atoms with Crippen molar-refractivity contribution >= 4 is 29.9 Å². The van der Waals surface area contributed by atoms with E-state index in [0.29, 0.717) is 24.1 Å². The van der Waals surface area contributed by atoms with Crippen molar-refractivity contribution < 1.29 is 14.2 Å². The SMILES string of the molecule is CCNC(=NCc1cc(OC)c(OC)cc1OC)NC1CC1.I. The van der Waals surface area contributed by atoms with E-state index in [1.54, 1.807) is 21.3 Å². The summed E-state index contributed by atoms with van der Waals surface area (Å²) in [6.07, 6.45) is 2.42. The number of aliphatic imine (C=N–C) groups is 1. The maximum absolute atomic E-state index is 5.43. The van der Waals surface area contributed by atoms with Crippen molar-refractivity contribution in [3.05, 3.63) is 17.7 Å². The summed E-state index contributed by atoms with van der Waals surface area (Å²) >= 11 is 0. The Morgan fingerprint density at radius 3 is 2.22 bits per heavy atom. The molecule has 1 fully saturated rings. The highest BCUT2D eigenvalue weighted by atomic mass is 127. The lowest BCUT2D eigenvalue weighted by Crippen LogP contribution is -2.38. The molecule has 130 valence electrons. The summed E-state index contributed by atoms with van der Waals surface area (Å²) < 4.78 is 16.1. The predicted molar refractivity (Wildman–Crippen MR) is 102 cm³/mol. The Hall–Kier alpha value is -1.38. The lowest BCUT2D eigenvalue weighted by atomic mass is 10.1. The molecule has 0 spiro atoms. The molecule has 0 atom stereocenters. The Labute approximate surface area is 155 Å². The monoisotopic (exact) mass is 435 g/mol. The van der Waals surface area contributed by atoms with Crippen LogP contribution in [0.15, 0.2) is 17.1 Å². The van der Waals surface area contributed by atoms with E-state index in [-0.39, 0.29) is 24.0 Å². The second-order valence-corrected chi connectivity index (χ2v) is 5.13. The van der Waals surface area contributed by atoms with Crippen LogP contribution in [0, 0.1) is 0 Å². The minimum absolute atomic E-state index is 0. The Kier molecular flexibility index (Phi) is 8.29. The maximum atomic E-state index is 5.43. The van der Waals surface area contributed by atoms with E-state index < -0.39 is 0 Å². The molecule has 1 aromatic rings. The molecule has 23 heavy (non-hydrogen) atoms. The molecule has 0 amide bonds. The fourth-order valence-corrected chi connectivity index (χ4v) is 2.12. The first-order valence-corrected chi connectivity index (χ1v) is 7.55. The molecule has 0 heterocycles. The number of methoxy groups -OCH3 is 3. The summed E-state index contributed by atoms with van der Waals surface area (Å²) in [5.41, 5.74) is 0.952. The van der Waals surface area contributed by atoms with Gasteiger partial charge in [-0.3, -0.25) is 0 Å².